The van der Waals surface area contributed by atoms with Gasteiger partial charge in [0.25, 0.3) is 0 Å². The molecule has 6 heteroatoms. The summed E-state index contributed by atoms with van der Waals surface area (Å²) in [5, 5.41) is 0. The van der Waals surface area contributed by atoms with Crippen LogP contribution in [-0.4, -0.2) is 14.7 Å². The van der Waals surface area contributed by atoms with Crippen LogP contribution < -0.4 is 11.3 Å². The molecule has 0 aliphatic carbocycles. The quantitative estimate of drug-likeness (QED) is 0.628. The maximum absolute atomic E-state index is 11.6. The van der Waals surface area contributed by atoms with E-state index in [1.165, 1.54) is 6.26 Å². The third kappa shape index (κ3) is 4.38. The molecular formula is C15H17BrN2O2S. The lowest BCUT2D eigenvalue weighted by molar-refractivity contribution is 0.550. The highest BCUT2D eigenvalue weighted by atomic mass is 79.9. The van der Waals surface area contributed by atoms with Gasteiger partial charge >= 0.3 is 0 Å². The maximum Gasteiger partial charge on any atom is 0.175 e. The summed E-state index contributed by atoms with van der Waals surface area (Å²) in [7, 11) is -3.22. The van der Waals surface area contributed by atoms with Crippen LogP contribution in [0.1, 0.15) is 17.2 Å². The van der Waals surface area contributed by atoms with E-state index in [4.69, 9.17) is 5.84 Å². The van der Waals surface area contributed by atoms with E-state index in [-0.39, 0.29) is 6.04 Å². The fourth-order valence-corrected chi connectivity index (χ4v) is 3.26. The molecule has 2 aromatic rings. The lowest BCUT2D eigenvalue weighted by Crippen LogP contribution is -2.29. The van der Waals surface area contributed by atoms with Crippen LogP contribution in [0.5, 0.6) is 0 Å². The number of hydrogen-bond donors (Lipinski definition) is 2. The highest BCUT2D eigenvalue weighted by Gasteiger charge is 2.14. The van der Waals surface area contributed by atoms with Crippen LogP contribution in [0, 0.1) is 0 Å². The van der Waals surface area contributed by atoms with Gasteiger partial charge in [-0.3, -0.25) is 11.3 Å². The van der Waals surface area contributed by atoms with E-state index in [1.54, 1.807) is 18.2 Å². The molecule has 2 rings (SSSR count). The SMILES string of the molecule is CS(=O)(=O)c1cccc(C(Cc2cccc(Br)c2)NN)c1. The lowest BCUT2D eigenvalue weighted by Gasteiger charge is -2.17. The van der Waals surface area contributed by atoms with Gasteiger partial charge in [0.1, 0.15) is 0 Å². The van der Waals surface area contributed by atoms with Gasteiger partial charge in [0.15, 0.2) is 9.84 Å². The number of rotatable bonds is 5. The Morgan fingerprint density at radius 2 is 1.90 bits per heavy atom. The first kappa shape index (κ1) is 16.2. The van der Waals surface area contributed by atoms with Gasteiger partial charge in [-0.05, 0) is 41.8 Å². The molecule has 0 fully saturated rings. The standard InChI is InChI=1S/C15H17BrN2O2S/c1-21(19,20)14-7-3-5-12(10-14)15(18-17)9-11-4-2-6-13(16)8-11/h2-8,10,15,18H,9,17H2,1H3. The molecule has 21 heavy (non-hydrogen) atoms. The third-order valence-electron chi connectivity index (χ3n) is 3.22. The van der Waals surface area contributed by atoms with E-state index in [2.05, 4.69) is 21.4 Å². The van der Waals surface area contributed by atoms with Crippen LogP contribution in [0.4, 0.5) is 0 Å². The van der Waals surface area contributed by atoms with Crippen molar-refractivity contribution in [3.8, 4) is 0 Å². The first-order valence-corrected chi connectivity index (χ1v) is 9.09. The van der Waals surface area contributed by atoms with Crippen LogP contribution in [0.15, 0.2) is 57.9 Å². The summed E-state index contributed by atoms with van der Waals surface area (Å²) in [6.07, 6.45) is 1.87. The topological polar surface area (TPSA) is 72.2 Å². The zero-order valence-electron chi connectivity index (χ0n) is 11.6. The highest BCUT2D eigenvalue weighted by molar-refractivity contribution is 9.10. The van der Waals surface area contributed by atoms with Gasteiger partial charge in [0.2, 0.25) is 0 Å². The van der Waals surface area contributed by atoms with Crippen LogP contribution in [0.2, 0.25) is 0 Å². The second-order valence-corrected chi connectivity index (χ2v) is 7.83. The fraction of sp³-hybridized carbons (Fsp3) is 0.200. The van der Waals surface area contributed by atoms with Crippen molar-refractivity contribution in [3.05, 3.63) is 64.1 Å². The third-order valence-corrected chi connectivity index (χ3v) is 4.82. The number of hydrogen-bond acceptors (Lipinski definition) is 4. The average molecular weight is 369 g/mol. The van der Waals surface area contributed by atoms with Crippen LogP contribution in [-0.2, 0) is 16.3 Å². The van der Waals surface area contributed by atoms with Gasteiger partial charge < -0.3 is 0 Å². The Hall–Kier alpha value is -1.21. The predicted molar refractivity (Wildman–Crippen MR) is 87.5 cm³/mol. The van der Waals surface area contributed by atoms with Crippen molar-refractivity contribution >= 4 is 25.8 Å². The van der Waals surface area contributed by atoms with Crippen molar-refractivity contribution in [2.24, 2.45) is 5.84 Å². The molecule has 0 radical (unpaired) electrons. The smallest absolute Gasteiger partial charge is 0.175 e. The maximum atomic E-state index is 11.6. The van der Waals surface area contributed by atoms with Crippen LogP contribution in [0.3, 0.4) is 0 Å². The highest BCUT2D eigenvalue weighted by Crippen LogP contribution is 2.22. The Labute approximate surface area is 133 Å². The zero-order valence-corrected chi connectivity index (χ0v) is 14.0. The van der Waals surface area contributed by atoms with E-state index in [0.29, 0.717) is 11.3 Å². The summed E-state index contributed by atoms with van der Waals surface area (Å²) < 4.78 is 24.3. The molecule has 4 nitrogen and oxygen atoms in total. The molecule has 0 amide bonds. The minimum Gasteiger partial charge on any atom is -0.271 e. The Balaban J connectivity index is 2.29. The summed E-state index contributed by atoms with van der Waals surface area (Å²) in [4.78, 5) is 0.300. The van der Waals surface area contributed by atoms with E-state index in [1.807, 2.05) is 30.3 Å². The molecule has 0 aromatic heterocycles. The number of nitrogens with two attached hydrogens (primary N) is 1. The molecule has 0 aliphatic heterocycles. The second kappa shape index (κ2) is 6.70. The second-order valence-electron chi connectivity index (χ2n) is 4.90. The molecule has 0 saturated carbocycles. The monoisotopic (exact) mass is 368 g/mol. The fourth-order valence-electron chi connectivity index (χ4n) is 2.13. The van der Waals surface area contributed by atoms with Crippen molar-refractivity contribution in [1.29, 1.82) is 0 Å². The van der Waals surface area contributed by atoms with Gasteiger partial charge in [0.05, 0.1) is 10.9 Å². The number of hydrazine groups is 1. The first-order valence-electron chi connectivity index (χ1n) is 6.41. The molecule has 1 atom stereocenters. The van der Waals surface area contributed by atoms with Crippen LogP contribution >= 0.6 is 15.9 Å². The van der Waals surface area contributed by atoms with Crippen LogP contribution in [0.25, 0.3) is 0 Å². The Morgan fingerprint density at radius 1 is 1.19 bits per heavy atom. The van der Waals surface area contributed by atoms with Crippen molar-refractivity contribution in [3.63, 3.8) is 0 Å². The summed E-state index contributed by atoms with van der Waals surface area (Å²) in [5.41, 5.74) is 4.71. The summed E-state index contributed by atoms with van der Waals surface area (Å²) in [6, 6.07) is 14.7. The normalized spacial score (nSPS) is 13.1. The van der Waals surface area contributed by atoms with Gasteiger partial charge in [0, 0.05) is 10.7 Å². The Kier molecular flexibility index (Phi) is 5.16. The van der Waals surface area contributed by atoms with Crippen molar-refractivity contribution in [1.82, 2.24) is 5.43 Å². The molecule has 3 N–H and O–H groups in total. The average Bonchev–Trinajstić information content (AvgIpc) is 2.44. The van der Waals surface area contributed by atoms with Gasteiger partial charge in [-0.1, -0.05) is 40.2 Å². The van der Waals surface area contributed by atoms with Gasteiger partial charge in [-0.2, -0.15) is 0 Å². The largest absolute Gasteiger partial charge is 0.271 e. The predicted octanol–water partition coefficient (Wildman–Crippen LogP) is 2.60. The molecule has 0 spiro atoms. The molecule has 0 heterocycles. The molecule has 112 valence electrons. The number of nitrogens with one attached hydrogen (secondary N) is 1. The molecule has 1 unspecified atom stereocenters. The van der Waals surface area contributed by atoms with E-state index in [0.717, 1.165) is 15.6 Å². The van der Waals surface area contributed by atoms with Crippen molar-refractivity contribution in [2.45, 2.75) is 17.4 Å². The Morgan fingerprint density at radius 3 is 2.52 bits per heavy atom. The molecule has 0 aliphatic rings. The number of benzene rings is 2. The summed E-state index contributed by atoms with van der Waals surface area (Å²) in [6.45, 7) is 0. The van der Waals surface area contributed by atoms with E-state index < -0.39 is 9.84 Å². The van der Waals surface area contributed by atoms with Gasteiger partial charge in [-0.25, -0.2) is 8.42 Å². The summed E-state index contributed by atoms with van der Waals surface area (Å²) >= 11 is 3.44. The van der Waals surface area contributed by atoms with Crippen molar-refractivity contribution < 1.29 is 8.42 Å². The zero-order chi connectivity index (χ0) is 15.5. The minimum atomic E-state index is -3.22. The van der Waals surface area contributed by atoms with Crippen molar-refractivity contribution in [2.75, 3.05) is 6.26 Å². The van der Waals surface area contributed by atoms with E-state index >= 15 is 0 Å². The minimum absolute atomic E-state index is 0.152. The molecule has 0 bridgehead atoms. The van der Waals surface area contributed by atoms with Gasteiger partial charge in [-0.15, -0.1) is 0 Å². The first-order chi connectivity index (χ1) is 9.90. The lowest BCUT2D eigenvalue weighted by atomic mass is 9.99. The summed E-state index contributed by atoms with van der Waals surface area (Å²) in [5.74, 6) is 5.64. The molecular weight excluding hydrogens is 352 g/mol. The Bertz CT molecular complexity index is 732. The number of sulfone groups is 1. The molecule has 0 saturated heterocycles. The van der Waals surface area contributed by atoms with E-state index in [9.17, 15) is 8.42 Å². The number of halogens is 1. The molecule has 2 aromatic carbocycles.